The molecule has 1 amide bonds. The molecule has 0 spiro atoms. The SMILES string of the molecule is CN1CCc2cc#ccc2C1=O. The van der Waals surface area contributed by atoms with Crippen molar-refractivity contribution in [1.82, 2.24) is 4.90 Å². The molecule has 0 atom stereocenters. The van der Waals surface area contributed by atoms with Gasteiger partial charge in [-0.15, -0.1) is 0 Å². The average molecular weight is 159 g/mol. The summed E-state index contributed by atoms with van der Waals surface area (Å²) >= 11 is 0. The van der Waals surface area contributed by atoms with E-state index >= 15 is 0 Å². The third-order valence-electron chi connectivity index (χ3n) is 2.19. The first-order valence-corrected chi connectivity index (χ1v) is 3.95. The highest BCUT2D eigenvalue weighted by Crippen LogP contribution is 2.15. The third kappa shape index (κ3) is 0.947. The minimum Gasteiger partial charge on any atom is -0.341 e. The van der Waals surface area contributed by atoms with Gasteiger partial charge in [-0.05, 0) is 18.1 Å². The van der Waals surface area contributed by atoms with Crippen molar-refractivity contribution >= 4 is 5.91 Å². The van der Waals surface area contributed by atoms with Crippen LogP contribution in [-0.2, 0) is 6.42 Å². The Hall–Kier alpha value is -1.49. The summed E-state index contributed by atoms with van der Waals surface area (Å²) in [5.41, 5.74) is 1.87. The van der Waals surface area contributed by atoms with Crippen LogP contribution in [0.4, 0.5) is 0 Å². The Morgan fingerprint density at radius 1 is 1.42 bits per heavy atom. The minimum atomic E-state index is 0.0986. The van der Waals surface area contributed by atoms with Gasteiger partial charge in [-0.2, -0.15) is 0 Å². The molecular weight excluding hydrogens is 150 g/mol. The summed E-state index contributed by atoms with van der Waals surface area (Å²) in [6, 6.07) is 9.22. The van der Waals surface area contributed by atoms with Crippen molar-refractivity contribution in [3.05, 3.63) is 35.4 Å². The number of nitrogens with zero attached hydrogens (tertiary/aromatic N) is 1. The predicted octanol–water partition coefficient (Wildman–Crippen LogP) is 0.915. The first-order valence-electron chi connectivity index (χ1n) is 3.95. The molecule has 12 heavy (non-hydrogen) atoms. The van der Waals surface area contributed by atoms with Crippen LogP contribution >= 0.6 is 0 Å². The molecule has 0 aromatic heterocycles. The molecule has 60 valence electrons. The van der Waals surface area contributed by atoms with Crippen molar-refractivity contribution < 1.29 is 4.79 Å². The van der Waals surface area contributed by atoms with Crippen LogP contribution in [0, 0.1) is 12.1 Å². The summed E-state index contributed by atoms with van der Waals surface area (Å²) in [5, 5.41) is 0. The summed E-state index contributed by atoms with van der Waals surface area (Å²) in [6.45, 7) is 0.809. The summed E-state index contributed by atoms with van der Waals surface area (Å²) in [7, 11) is 1.82. The number of amides is 1. The first kappa shape index (κ1) is 7.17. The fraction of sp³-hybridized carbons (Fsp3) is 0.300. The molecule has 2 rings (SSSR count). The molecule has 0 N–H and O–H groups in total. The van der Waals surface area contributed by atoms with E-state index in [0.29, 0.717) is 0 Å². The fourth-order valence-corrected chi connectivity index (χ4v) is 1.41. The Morgan fingerprint density at radius 2 is 2.17 bits per heavy atom. The first-order chi connectivity index (χ1) is 5.79. The maximum Gasteiger partial charge on any atom is 0.254 e. The summed E-state index contributed by atoms with van der Waals surface area (Å²) in [5.74, 6) is 0.0986. The van der Waals surface area contributed by atoms with E-state index in [1.54, 1.807) is 11.0 Å². The number of hydrogen-bond donors (Lipinski definition) is 0. The molecule has 0 radical (unpaired) electrons. The van der Waals surface area contributed by atoms with E-state index in [-0.39, 0.29) is 5.91 Å². The standard InChI is InChI=1S/C10H9NO/c1-11-7-6-8-4-2-3-5-9(8)10(11)12/h4-5H,6-7H2,1H3. The molecule has 0 saturated heterocycles. The highest BCUT2D eigenvalue weighted by atomic mass is 16.2. The number of likely N-dealkylation sites (N-methyl/N-ethyl adjacent to an activating group) is 1. The van der Waals surface area contributed by atoms with E-state index in [2.05, 4.69) is 12.1 Å². The van der Waals surface area contributed by atoms with Crippen molar-refractivity contribution in [3.63, 3.8) is 0 Å². The number of carbonyl (C=O) groups excluding carboxylic acids is 1. The van der Waals surface area contributed by atoms with Crippen LogP contribution < -0.4 is 0 Å². The van der Waals surface area contributed by atoms with E-state index in [1.165, 1.54) is 0 Å². The van der Waals surface area contributed by atoms with E-state index in [4.69, 9.17) is 0 Å². The summed E-state index contributed by atoms with van der Waals surface area (Å²) in [6.07, 6.45) is 0.933. The zero-order valence-corrected chi connectivity index (χ0v) is 6.92. The number of hydrogen-bond acceptors (Lipinski definition) is 1. The lowest BCUT2D eigenvalue weighted by molar-refractivity contribution is 0.0781. The van der Waals surface area contributed by atoms with Crippen molar-refractivity contribution in [3.8, 4) is 0 Å². The minimum absolute atomic E-state index is 0.0986. The Labute approximate surface area is 71.8 Å². The Kier molecular flexibility index (Phi) is 1.51. The Bertz CT molecular complexity index is 319. The van der Waals surface area contributed by atoms with Gasteiger partial charge in [0.25, 0.3) is 5.91 Å². The molecule has 1 aromatic rings. The Morgan fingerprint density at radius 3 is 3.00 bits per heavy atom. The quantitative estimate of drug-likeness (QED) is 0.551. The summed E-state index contributed by atoms with van der Waals surface area (Å²) < 4.78 is 0. The molecule has 1 aromatic carbocycles. The van der Waals surface area contributed by atoms with Crippen LogP contribution in [-0.4, -0.2) is 24.4 Å². The van der Waals surface area contributed by atoms with Crippen LogP contribution in [0.3, 0.4) is 0 Å². The van der Waals surface area contributed by atoms with Gasteiger partial charge in [0.15, 0.2) is 0 Å². The molecule has 0 saturated carbocycles. The normalized spacial score (nSPS) is 15.4. The Balaban J connectivity index is 2.49. The van der Waals surface area contributed by atoms with Gasteiger partial charge < -0.3 is 4.90 Å². The second kappa shape index (κ2) is 2.53. The second-order valence-corrected chi connectivity index (χ2v) is 2.99. The highest BCUT2D eigenvalue weighted by Gasteiger charge is 2.19. The van der Waals surface area contributed by atoms with Crippen molar-refractivity contribution in [2.75, 3.05) is 13.6 Å². The van der Waals surface area contributed by atoms with Gasteiger partial charge in [-0.1, -0.05) is 12.1 Å². The maximum absolute atomic E-state index is 11.5. The van der Waals surface area contributed by atoms with E-state index in [0.717, 1.165) is 24.1 Å². The molecule has 0 aliphatic carbocycles. The van der Waals surface area contributed by atoms with E-state index in [9.17, 15) is 4.79 Å². The maximum atomic E-state index is 11.5. The van der Waals surface area contributed by atoms with Gasteiger partial charge in [0.1, 0.15) is 0 Å². The molecule has 0 fully saturated rings. The monoisotopic (exact) mass is 159 g/mol. The van der Waals surface area contributed by atoms with Crippen LogP contribution in [0.15, 0.2) is 12.1 Å². The van der Waals surface area contributed by atoms with Crippen LogP contribution in [0.25, 0.3) is 0 Å². The van der Waals surface area contributed by atoms with Gasteiger partial charge in [-0.25, -0.2) is 0 Å². The van der Waals surface area contributed by atoms with Gasteiger partial charge >= 0.3 is 0 Å². The third-order valence-corrected chi connectivity index (χ3v) is 2.19. The average Bonchev–Trinajstić information content (AvgIpc) is 2.12. The molecular formula is C10H9NO. The van der Waals surface area contributed by atoms with Gasteiger partial charge in [0.05, 0.1) is 5.56 Å². The topological polar surface area (TPSA) is 20.3 Å². The van der Waals surface area contributed by atoms with Crippen LogP contribution in [0.2, 0.25) is 0 Å². The molecule has 0 unspecified atom stereocenters. The fourth-order valence-electron chi connectivity index (χ4n) is 1.41. The van der Waals surface area contributed by atoms with Crippen molar-refractivity contribution in [1.29, 1.82) is 0 Å². The largest absolute Gasteiger partial charge is 0.341 e. The molecule has 1 aliphatic rings. The second-order valence-electron chi connectivity index (χ2n) is 2.99. The van der Waals surface area contributed by atoms with E-state index < -0.39 is 0 Å². The number of fused-ring (bicyclic) bond motifs is 1. The van der Waals surface area contributed by atoms with Gasteiger partial charge in [0.2, 0.25) is 0 Å². The molecule has 1 heterocycles. The van der Waals surface area contributed by atoms with Gasteiger partial charge in [-0.3, -0.25) is 4.79 Å². The van der Waals surface area contributed by atoms with Crippen LogP contribution in [0.5, 0.6) is 0 Å². The molecule has 1 aliphatic heterocycles. The zero-order chi connectivity index (χ0) is 8.55. The predicted molar refractivity (Wildman–Crippen MR) is 44.8 cm³/mol. The molecule has 2 nitrogen and oxygen atoms in total. The molecule has 2 heteroatoms. The molecule has 0 bridgehead atoms. The highest BCUT2D eigenvalue weighted by molar-refractivity contribution is 5.96. The smallest absolute Gasteiger partial charge is 0.254 e. The lowest BCUT2D eigenvalue weighted by atomic mass is 10.0. The van der Waals surface area contributed by atoms with Gasteiger partial charge in [0, 0.05) is 19.7 Å². The number of rotatable bonds is 0. The van der Waals surface area contributed by atoms with Crippen molar-refractivity contribution in [2.24, 2.45) is 0 Å². The summed E-state index contributed by atoms with van der Waals surface area (Å²) in [4.78, 5) is 13.2. The van der Waals surface area contributed by atoms with Crippen LogP contribution in [0.1, 0.15) is 15.9 Å². The zero-order valence-electron chi connectivity index (χ0n) is 6.92. The lowest BCUT2D eigenvalue weighted by Crippen LogP contribution is -2.33. The number of carbonyl (C=O) groups is 1. The van der Waals surface area contributed by atoms with E-state index in [1.807, 2.05) is 13.1 Å². The van der Waals surface area contributed by atoms with Crippen molar-refractivity contribution in [2.45, 2.75) is 6.42 Å². The lowest BCUT2D eigenvalue weighted by Gasteiger charge is -2.23.